The van der Waals surface area contributed by atoms with Gasteiger partial charge < -0.3 is 33.6 Å². The Morgan fingerprint density at radius 2 is 1.44 bits per heavy atom. The summed E-state index contributed by atoms with van der Waals surface area (Å²) in [6.45, 7) is 8.18. The van der Waals surface area contributed by atoms with Crippen LogP contribution in [0.4, 0.5) is 0 Å². The predicted molar refractivity (Wildman–Crippen MR) is 158 cm³/mol. The van der Waals surface area contributed by atoms with E-state index in [9.17, 15) is 20.1 Å². The molecule has 0 spiro atoms. The van der Waals surface area contributed by atoms with Gasteiger partial charge in [0.2, 0.25) is 6.29 Å². The maximum Gasteiger partial charge on any atom is 0.336 e. The minimum Gasteiger partial charge on any atom is -0.462 e. The predicted octanol–water partition coefficient (Wildman–Crippen LogP) is 2.86. The standard InChI is InChI=1S/C32H36O8Si/c1-20-17-27(33)39-25-18-21(15-16-24(20)25)38-31-30(36)29(35)28(34)26(40-31)19-37-41(32(2,3)4,22-11-7-5-8-12-22)23-13-9-6-10-14-23/h5-18,26,28-31,34-36H,19H2,1-4H3. The van der Waals surface area contributed by atoms with Crippen LogP contribution in [0.1, 0.15) is 26.3 Å². The Balaban J connectivity index is 1.44. The van der Waals surface area contributed by atoms with Crippen molar-refractivity contribution in [3.63, 3.8) is 0 Å². The van der Waals surface area contributed by atoms with Gasteiger partial charge in [-0.1, -0.05) is 81.4 Å². The molecule has 0 bridgehead atoms. The average molecular weight is 577 g/mol. The number of aryl methyl sites for hydroxylation is 1. The van der Waals surface area contributed by atoms with Gasteiger partial charge >= 0.3 is 5.63 Å². The lowest BCUT2D eigenvalue weighted by atomic mass is 9.99. The van der Waals surface area contributed by atoms with Crippen molar-refractivity contribution in [3.05, 3.63) is 101 Å². The molecule has 1 aromatic heterocycles. The molecule has 5 unspecified atom stereocenters. The summed E-state index contributed by atoms with van der Waals surface area (Å²) < 4.78 is 24.2. The van der Waals surface area contributed by atoms with E-state index in [0.717, 1.165) is 21.3 Å². The lowest BCUT2D eigenvalue weighted by molar-refractivity contribution is -0.276. The molecule has 1 aliphatic rings. The summed E-state index contributed by atoms with van der Waals surface area (Å²) in [6.07, 6.45) is -6.80. The lowest BCUT2D eigenvalue weighted by Gasteiger charge is -2.45. The van der Waals surface area contributed by atoms with Crippen LogP contribution >= 0.6 is 0 Å². The Labute approximate surface area is 239 Å². The normalized spacial score (nSPS) is 23.4. The van der Waals surface area contributed by atoms with Crippen LogP contribution in [0.2, 0.25) is 5.04 Å². The first-order valence-corrected chi connectivity index (χ1v) is 15.6. The topological polar surface area (TPSA) is 119 Å². The van der Waals surface area contributed by atoms with Gasteiger partial charge in [0, 0.05) is 17.5 Å². The Hall–Kier alpha value is -3.31. The Bertz CT molecular complexity index is 1490. The van der Waals surface area contributed by atoms with Crippen molar-refractivity contribution >= 4 is 29.7 Å². The van der Waals surface area contributed by atoms with Crippen LogP contribution < -0.4 is 20.7 Å². The van der Waals surface area contributed by atoms with Crippen LogP contribution in [0.25, 0.3) is 11.0 Å². The minimum atomic E-state index is -2.96. The maximum absolute atomic E-state index is 11.9. The molecule has 1 fully saturated rings. The minimum absolute atomic E-state index is 0.0517. The van der Waals surface area contributed by atoms with Crippen LogP contribution in [-0.2, 0) is 9.16 Å². The molecule has 0 radical (unpaired) electrons. The van der Waals surface area contributed by atoms with Crippen molar-refractivity contribution in [3.8, 4) is 5.75 Å². The Morgan fingerprint density at radius 1 is 0.829 bits per heavy atom. The van der Waals surface area contributed by atoms with Gasteiger partial charge in [-0.05, 0) is 40.0 Å². The highest BCUT2D eigenvalue weighted by molar-refractivity contribution is 6.99. The van der Waals surface area contributed by atoms with Gasteiger partial charge in [0.25, 0.3) is 8.32 Å². The van der Waals surface area contributed by atoms with E-state index < -0.39 is 44.6 Å². The fourth-order valence-corrected chi connectivity index (χ4v) is 10.2. The molecule has 4 aromatic rings. The first kappa shape index (κ1) is 29.2. The van der Waals surface area contributed by atoms with Crippen molar-refractivity contribution in [1.29, 1.82) is 0 Å². The summed E-state index contributed by atoms with van der Waals surface area (Å²) in [6, 6.07) is 26.5. The first-order valence-electron chi connectivity index (χ1n) is 13.7. The maximum atomic E-state index is 11.9. The smallest absolute Gasteiger partial charge is 0.336 e. The molecular formula is C32H36O8Si. The highest BCUT2D eigenvalue weighted by Crippen LogP contribution is 2.37. The Morgan fingerprint density at radius 3 is 2.02 bits per heavy atom. The zero-order valence-corrected chi connectivity index (χ0v) is 24.6. The van der Waals surface area contributed by atoms with Gasteiger partial charge in [-0.25, -0.2) is 4.79 Å². The quantitative estimate of drug-likeness (QED) is 0.227. The van der Waals surface area contributed by atoms with E-state index in [4.69, 9.17) is 18.3 Å². The second kappa shape index (κ2) is 11.5. The zero-order valence-electron chi connectivity index (χ0n) is 23.6. The van der Waals surface area contributed by atoms with Crippen molar-refractivity contribution in [2.45, 2.75) is 63.4 Å². The summed E-state index contributed by atoms with van der Waals surface area (Å²) in [5.41, 5.74) is 0.598. The molecule has 0 aliphatic carbocycles. The number of fused-ring (bicyclic) bond motifs is 1. The third-order valence-electron chi connectivity index (χ3n) is 7.72. The number of hydrogen-bond donors (Lipinski definition) is 3. The second-order valence-corrected chi connectivity index (χ2v) is 15.8. The monoisotopic (exact) mass is 576 g/mol. The van der Waals surface area contributed by atoms with Crippen LogP contribution in [0.3, 0.4) is 0 Å². The molecule has 8 nitrogen and oxygen atoms in total. The van der Waals surface area contributed by atoms with E-state index in [1.807, 2.05) is 43.3 Å². The van der Waals surface area contributed by atoms with E-state index in [0.29, 0.717) is 5.58 Å². The first-order chi connectivity index (χ1) is 19.5. The molecule has 216 valence electrons. The number of benzene rings is 3. The van der Waals surface area contributed by atoms with Gasteiger partial charge in [-0.15, -0.1) is 0 Å². The van der Waals surface area contributed by atoms with Crippen LogP contribution in [0, 0.1) is 6.92 Å². The summed E-state index contributed by atoms with van der Waals surface area (Å²) >= 11 is 0. The molecule has 5 atom stereocenters. The summed E-state index contributed by atoms with van der Waals surface area (Å²) in [5.74, 6) is 0.269. The van der Waals surface area contributed by atoms with Crippen LogP contribution in [0.15, 0.2) is 94.1 Å². The second-order valence-electron chi connectivity index (χ2n) is 11.5. The molecule has 3 N–H and O–H groups in total. The molecule has 1 saturated heterocycles. The largest absolute Gasteiger partial charge is 0.462 e. The number of rotatable bonds is 7. The van der Waals surface area contributed by atoms with Gasteiger partial charge in [0.15, 0.2) is 0 Å². The van der Waals surface area contributed by atoms with E-state index in [-0.39, 0.29) is 17.4 Å². The zero-order chi connectivity index (χ0) is 29.4. The van der Waals surface area contributed by atoms with E-state index in [1.165, 1.54) is 12.1 Å². The fraction of sp³-hybridized carbons (Fsp3) is 0.344. The van der Waals surface area contributed by atoms with Gasteiger partial charge in [0.05, 0.1) is 6.61 Å². The SMILES string of the molecule is Cc1cc(=O)oc2cc(OC3OC(CO[Si](c4ccccc4)(c4ccccc4)C(C)(C)C)C(O)C(O)C3O)ccc12. The average Bonchev–Trinajstić information content (AvgIpc) is 2.94. The van der Waals surface area contributed by atoms with E-state index in [1.54, 1.807) is 12.1 Å². The van der Waals surface area contributed by atoms with Crippen molar-refractivity contribution < 1.29 is 33.6 Å². The van der Waals surface area contributed by atoms with Gasteiger partial charge in [-0.3, -0.25) is 0 Å². The van der Waals surface area contributed by atoms with E-state index >= 15 is 0 Å². The molecule has 3 aromatic carbocycles. The molecular weight excluding hydrogens is 540 g/mol. The molecule has 5 rings (SSSR count). The molecule has 9 heteroatoms. The number of hydrogen-bond acceptors (Lipinski definition) is 8. The van der Waals surface area contributed by atoms with Crippen molar-refractivity contribution in [2.24, 2.45) is 0 Å². The molecule has 2 heterocycles. The third-order valence-corrected chi connectivity index (χ3v) is 12.7. The number of aliphatic hydroxyl groups excluding tert-OH is 3. The molecule has 0 saturated carbocycles. The van der Waals surface area contributed by atoms with Crippen LogP contribution in [-0.4, -0.2) is 60.9 Å². The summed E-state index contributed by atoms with van der Waals surface area (Å²) in [7, 11) is -2.96. The van der Waals surface area contributed by atoms with Crippen molar-refractivity contribution in [1.82, 2.24) is 0 Å². The molecule has 1 aliphatic heterocycles. The fourth-order valence-electron chi connectivity index (χ4n) is 5.63. The summed E-state index contributed by atoms with van der Waals surface area (Å²) in [4.78, 5) is 11.9. The van der Waals surface area contributed by atoms with Gasteiger partial charge in [0.1, 0.15) is 35.7 Å². The summed E-state index contributed by atoms with van der Waals surface area (Å²) in [5, 5.41) is 35.0. The Kier molecular flexibility index (Phi) is 8.20. The van der Waals surface area contributed by atoms with Crippen LogP contribution in [0.5, 0.6) is 5.75 Å². The van der Waals surface area contributed by atoms with E-state index in [2.05, 4.69) is 45.0 Å². The molecule has 41 heavy (non-hydrogen) atoms. The lowest BCUT2D eigenvalue weighted by Crippen LogP contribution is -2.68. The molecule has 0 amide bonds. The third kappa shape index (κ3) is 5.61. The van der Waals surface area contributed by atoms with Crippen molar-refractivity contribution in [2.75, 3.05) is 6.61 Å². The van der Waals surface area contributed by atoms with Gasteiger partial charge in [-0.2, -0.15) is 0 Å². The number of aliphatic hydroxyl groups is 3. The highest BCUT2D eigenvalue weighted by Gasteiger charge is 2.52. The number of ether oxygens (including phenoxy) is 2. The highest BCUT2D eigenvalue weighted by atomic mass is 28.4.